The average Bonchev–Trinajstić information content (AvgIpc) is 3.18. The van der Waals surface area contributed by atoms with E-state index in [2.05, 4.69) is 123 Å². The Morgan fingerprint density at radius 2 is 1.74 bits per heavy atom. The molecule has 0 amide bonds. The monoisotopic (exact) mass is 560 g/mol. The molecular weight excluding hydrogens is 516 g/mol. The number of benzene rings is 3. The van der Waals surface area contributed by atoms with Crippen LogP contribution in [-0.2, 0) is 18.3 Å². The topological polar surface area (TPSA) is 0 Å². The Bertz CT molecular complexity index is 1810. The lowest BCUT2D eigenvalue weighted by Crippen LogP contribution is -2.42. The SMILES string of the molecule is CC1(C)c2cccc3c2C2=c4c(cccc4=C(C(CC4=CCCC=C4)CC4C=CC=CC4)CC21)CC3Cc1ccccc1. The van der Waals surface area contributed by atoms with Crippen LogP contribution in [-0.4, -0.2) is 0 Å². The maximum absolute atomic E-state index is 2.54. The molecule has 0 saturated heterocycles. The first-order valence-corrected chi connectivity index (χ1v) is 16.8. The summed E-state index contributed by atoms with van der Waals surface area (Å²) in [6, 6.07) is 25.8. The molecule has 3 aromatic rings. The maximum Gasteiger partial charge on any atom is -0.00198 e. The van der Waals surface area contributed by atoms with Crippen LogP contribution in [0.5, 0.6) is 0 Å². The molecule has 0 N–H and O–H groups in total. The largest absolute Gasteiger partial charge is 0.0840 e. The molecule has 0 radical (unpaired) electrons. The zero-order valence-corrected chi connectivity index (χ0v) is 25.9. The summed E-state index contributed by atoms with van der Waals surface area (Å²) in [6.07, 6.45) is 26.0. The second-order valence-corrected chi connectivity index (χ2v) is 14.3. The molecule has 43 heavy (non-hydrogen) atoms. The lowest BCUT2D eigenvalue weighted by molar-refractivity contribution is 0.398. The van der Waals surface area contributed by atoms with Gasteiger partial charge in [-0.15, -0.1) is 0 Å². The molecule has 5 aliphatic carbocycles. The van der Waals surface area contributed by atoms with Crippen LogP contribution in [0, 0.1) is 17.8 Å². The predicted octanol–water partition coefficient (Wildman–Crippen LogP) is 9.03. The van der Waals surface area contributed by atoms with Gasteiger partial charge in [0.05, 0.1) is 0 Å². The van der Waals surface area contributed by atoms with E-state index in [-0.39, 0.29) is 5.41 Å². The molecular formula is C43H44. The predicted molar refractivity (Wildman–Crippen MR) is 181 cm³/mol. The Balaban J connectivity index is 1.34. The van der Waals surface area contributed by atoms with Crippen molar-refractivity contribution >= 4 is 11.1 Å². The summed E-state index contributed by atoms with van der Waals surface area (Å²) in [7, 11) is 0. The number of hydrogen-bond donors (Lipinski definition) is 0. The summed E-state index contributed by atoms with van der Waals surface area (Å²) in [4.78, 5) is 0. The first kappa shape index (κ1) is 26.9. The van der Waals surface area contributed by atoms with Gasteiger partial charge in [0.2, 0.25) is 0 Å². The van der Waals surface area contributed by atoms with Gasteiger partial charge in [0, 0.05) is 0 Å². The van der Waals surface area contributed by atoms with E-state index in [1.165, 1.54) is 44.1 Å². The van der Waals surface area contributed by atoms with Crippen molar-refractivity contribution in [1.82, 2.24) is 0 Å². The van der Waals surface area contributed by atoms with Gasteiger partial charge in [-0.05, 0) is 124 Å². The quantitative estimate of drug-likeness (QED) is 0.270. The molecule has 216 valence electrons. The molecule has 4 unspecified atom stereocenters. The summed E-state index contributed by atoms with van der Waals surface area (Å²) in [5, 5.41) is 3.18. The summed E-state index contributed by atoms with van der Waals surface area (Å²) >= 11 is 0. The van der Waals surface area contributed by atoms with Gasteiger partial charge < -0.3 is 0 Å². The molecule has 0 fully saturated rings. The van der Waals surface area contributed by atoms with Gasteiger partial charge >= 0.3 is 0 Å². The molecule has 0 heterocycles. The molecule has 5 aliphatic rings. The van der Waals surface area contributed by atoms with Crippen molar-refractivity contribution in [2.75, 3.05) is 0 Å². The van der Waals surface area contributed by atoms with Gasteiger partial charge in [0.1, 0.15) is 0 Å². The van der Waals surface area contributed by atoms with Crippen LogP contribution in [0.25, 0.3) is 11.1 Å². The van der Waals surface area contributed by atoms with Gasteiger partial charge in [0.25, 0.3) is 0 Å². The van der Waals surface area contributed by atoms with E-state index in [1.54, 1.807) is 49.4 Å². The van der Waals surface area contributed by atoms with Crippen molar-refractivity contribution in [3.8, 4) is 0 Å². The van der Waals surface area contributed by atoms with Crippen molar-refractivity contribution in [3.05, 3.63) is 153 Å². The van der Waals surface area contributed by atoms with E-state index < -0.39 is 0 Å². The Morgan fingerprint density at radius 1 is 0.860 bits per heavy atom. The standard InChI is InChI=1S/C43H44/c1-43(2)38-23-13-21-35-34(26-31-18-10-5-11-19-31)27-32-20-12-22-36-37(28-39(43)42(40(32)36)41(35)38)33(24-29-14-6-3-7-15-29)25-30-16-8-4-9-17-30/h3,5-8,10-14,16-23,29,33-34,39H,4,9,15,24-28H2,1-2H3. The molecule has 0 bridgehead atoms. The molecule has 0 aromatic heterocycles. The van der Waals surface area contributed by atoms with E-state index in [0.29, 0.717) is 23.7 Å². The number of rotatable bonds is 7. The summed E-state index contributed by atoms with van der Waals surface area (Å²) in [6.45, 7) is 5.09. The summed E-state index contributed by atoms with van der Waals surface area (Å²) < 4.78 is 0. The lowest BCUT2D eigenvalue weighted by Gasteiger charge is -2.36. The smallest absolute Gasteiger partial charge is 0.00198 e. The van der Waals surface area contributed by atoms with E-state index in [1.807, 2.05) is 0 Å². The summed E-state index contributed by atoms with van der Waals surface area (Å²) in [5.74, 6) is 2.21. The lowest BCUT2D eigenvalue weighted by atomic mass is 9.68. The Kier molecular flexibility index (Phi) is 6.78. The molecule has 0 heteroatoms. The second kappa shape index (κ2) is 10.8. The van der Waals surface area contributed by atoms with Crippen LogP contribution in [0.4, 0.5) is 0 Å². The van der Waals surface area contributed by atoms with Gasteiger partial charge in [0.15, 0.2) is 0 Å². The van der Waals surface area contributed by atoms with E-state index in [4.69, 9.17) is 0 Å². The van der Waals surface area contributed by atoms with E-state index in [9.17, 15) is 0 Å². The highest BCUT2D eigenvalue weighted by Crippen LogP contribution is 2.56. The van der Waals surface area contributed by atoms with Gasteiger partial charge in [-0.25, -0.2) is 0 Å². The van der Waals surface area contributed by atoms with Crippen molar-refractivity contribution in [2.24, 2.45) is 17.8 Å². The highest BCUT2D eigenvalue weighted by Gasteiger charge is 2.48. The van der Waals surface area contributed by atoms with Gasteiger partial charge in [-0.3, -0.25) is 0 Å². The highest BCUT2D eigenvalue weighted by molar-refractivity contribution is 5.84. The first-order valence-electron chi connectivity index (χ1n) is 16.8. The van der Waals surface area contributed by atoms with Crippen LogP contribution in [0.15, 0.2) is 115 Å². The molecule has 3 aromatic carbocycles. The second-order valence-electron chi connectivity index (χ2n) is 14.3. The Hall–Kier alpha value is -3.64. The third-order valence-electron chi connectivity index (χ3n) is 11.4. The van der Waals surface area contributed by atoms with Crippen LogP contribution in [0.1, 0.15) is 86.1 Å². The summed E-state index contributed by atoms with van der Waals surface area (Å²) in [5.41, 5.74) is 12.9. The molecule has 0 nitrogen and oxygen atoms in total. The Labute approximate surface area is 258 Å². The molecule has 8 rings (SSSR count). The van der Waals surface area contributed by atoms with Crippen molar-refractivity contribution in [2.45, 2.75) is 76.5 Å². The number of allylic oxidation sites excluding steroid dienone is 8. The van der Waals surface area contributed by atoms with Crippen LogP contribution < -0.4 is 10.4 Å². The number of hydrogen-bond acceptors (Lipinski definition) is 0. The van der Waals surface area contributed by atoms with Crippen molar-refractivity contribution < 1.29 is 0 Å². The Morgan fingerprint density at radius 3 is 2.56 bits per heavy atom. The maximum atomic E-state index is 2.54. The molecule has 0 spiro atoms. The van der Waals surface area contributed by atoms with Crippen molar-refractivity contribution in [3.63, 3.8) is 0 Å². The normalized spacial score (nSPS) is 24.9. The van der Waals surface area contributed by atoms with Crippen LogP contribution in [0.3, 0.4) is 0 Å². The fourth-order valence-electron chi connectivity index (χ4n) is 9.28. The van der Waals surface area contributed by atoms with Gasteiger partial charge in [-0.1, -0.05) is 134 Å². The fourth-order valence-corrected chi connectivity index (χ4v) is 9.28. The molecule has 0 saturated carbocycles. The third-order valence-corrected chi connectivity index (χ3v) is 11.4. The minimum atomic E-state index is 0.118. The van der Waals surface area contributed by atoms with Crippen LogP contribution in [0.2, 0.25) is 0 Å². The zero-order valence-electron chi connectivity index (χ0n) is 25.9. The highest BCUT2D eigenvalue weighted by atomic mass is 14.5. The van der Waals surface area contributed by atoms with Crippen molar-refractivity contribution in [1.29, 1.82) is 0 Å². The van der Waals surface area contributed by atoms with Crippen LogP contribution >= 0.6 is 0 Å². The minimum Gasteiger partial charge on any atom is -0.0840 e. The third kappa shape index (κ3) is 4.66. The van der Waals surface area contributed by atoms with E-state index >= 15 is 0 Å². The fraction of sp³-hybridized carbons (Fsp3) is 0.349. The van der Waals surface area contributed by atoms with E-state index in [0.717, 1.165) is 12.8 Å². The zero-order chi connectivity index (χ0) is 29.0. The molecule has 4 atom stereocenters. The first-order chi connectivity index (χ1) is 21.1. The average molecular weight is 561 g/mol. The minimum absolute atomic E-state index is 0.118. The molecule has 0 aliphatic heterocycles. The van der Waals surface area contributed by atoms with Gasteiger partial charge in [-0.2, -0.15) is 0 Å².